The van der Waals surface area contributed by atoms with Crippen LogP contribution in [0.15, 0.2) is 0 Å². The molecule has 2 N–H and O–H groups in total. The summed E-state index contributed by atoms with van der Waals surface area (Å²) in [7, 11) is 0. The van der Waals surface area contributed by atoms with Crippen LogP contribution < -0.4 is 5.32 Å². The summed E-state index contributed by atoms with van der Waals surface area (Å²) < 4.78 is 5.41. The van der Waals surface area contributed by atoms with E-state index in [2.05, 4.69) is 5.32 Å². The van der Waals surface area contributed by atoms with Crippen molar-refractivity contribution in [1.29, 1.82) is 0 Å². The molecule has 110 valence electrons. The Labute approximate surface area is 115 Å². The molecule has 0 aromatic heterocycles. The zero-order valence-electron chi connectivity index (χ0n) is 12.2. The number of carbonyl (C=O) groups excluding carboxylic acids is 1. The number of piperidine rings is 1. The van der Waals surface area contributed by atoms with Crippen molar-refractivity contribution in [3.8, 4) is 0 Å². The molecular formula is C14H26N2O3. The minimum absolute atomic E-state index is 0.177. The molecule has 0 bridgehead atoms. The molecule has 3 atom stereocenters. The van der Waals surface area contributed by atoms with Crippen molar-refractivity contribution in [2.75, 3.05) is 26.2 Å². The van der Waals surface area contributed by atoms with Crippen molar-refractivity contribution in [3.05, 3.63) is 0 Å². The molecule has 5 nitrogen and oxygen atoms in total. The summed E-state index contributed by atoms with van der Waals surface area (Å²) in [5.74, 6) is 0.650. The summed E-state index contributed by atoms with van der Waals surface area (Å²) in [5.41, 5.74) is -0.461. The molecule has 0 aromatic rings. The Morgan fingerprint density at radius 1 is 1.37 bits per heavy atom. The lowest BCUT2D eigenvalue weighted by molar-refractivity contribution is -0.0200. The zero-order chi connectivity index (χ0) is 14.0. The van der Waals surface area contributed by atoms with Crippen LogP contribution in [0.3, 0.4) is 0 Å². The van der Waals surface area contributed by atoms with Gasteiger partial charge in [0.25, 0.3) is 0 Å². The third-order valence-electron chi connectivity index (χ3n) is 3.98. The van der Waals surface area contributed by atoms with Crippen LogP contribution in [0.5, 0.6) is 0 Å². The Morgan fingerprint density at radius 3 is 2.68 bits per heavy atom. The van der Waals surface area contributed by atoms with Crippen molar-refractivity contribution < 1.29 is 14.6 Å². The Kier molecular flexibility index (Phi) is 4.36. The average molecular weight is 270 g/mol. The van der Waals surface area contributed by atoms with Crippen LogP contribution in [-0.4, -0.2) is 54.0 Å². The maximum absolute atomic E-state index is 12.1. The molecule has 0 saturated carbocycles. The normalized spacial score (nSPS) is 32.4. The van der Waals surface area contributed by atoms with E-state index in [-0.39, 0.29) is 18.1 Å². The molecule has 2 aliphatic rings. The summed E-state index contributed by atoms with van der Waals surface area (Å²) >= 11 is 0. The predicted octanol–water partition coefficient (Wildman–Crippen LogP) is 1.21. The number of likely N-dealkylation sites (tertiary alicyclic amines) is 1. The average Bonchev–Trinajstić information content (AvgIpc) is 2.80. The van der Waals surface area contributed by atoms with Crippen molar-refractivity contribution in [3.63, 3.8) is 0 Å². The number of aliphatic hydroxyl groups excluding tert-OH is 1. The van der Waals surface area contributed by atoms with E-state index in [1.165, 1.54) is 0 Å². The molecular weight excluding hydrogens is 244 g/mol. The lowest BCUT2D eigenvalue weighted by Gasteiger charge is -2.39. The molecule has 0 radical (unpaired) electrons. The largest absolute Gasteiger partial charge is 0.444 e. The van der Waals surface area contributed by atoms with Gasteiger partial charge in [0.2, 0.25) is 0 Å². The molecule has 0 aliphatic carbocycles. The van der Waals surface area contributed by atoms with E-state index in [1.807, 2.05) is 20.8 Å². The fraction of sp³-hybridized carbons (Fsp3) is 0.929. The number of hydrogen-bond donors (Lipinski definition) is 2. The minimum Gasteiger partial charge on any atom is -0.444 e. The summed E-state index contributed by atoms with van der Waals surface area (Å²) in [6.45, 7) is 8.80. The smallest absolute Gasteiger partial charge is 0.410 e. The third kappa shape index (κ3) is 3.83. The van der Waals surface area contributed by atoms with Crippen LogP contribution in [0.4, 0.5) is 4.79 Å². The highest BCUT2D eigenvalue weighted by atomic mass is 16.6. The van der Waals surface area contributed by atoms with E-state index in [0.717, 1.165) is 19.5 Å². The first-order valence-corrected chi connectivity index (χ1v) is 7.23. The lowest BCUT2D eigenvalue weighted by Crippen LogP contribution is -2.50. The number of ether oxygens (including phenoxy) is 1. The highest BCUT2D eigenvalue weighted by Gasteiger charge is 2.37. The Bertz CT molecular complexity index is 321. The van der Waals surface area contributed by atoms with Gasteiger partial charge in [0, 0.05) is 19.0 Å². The number of hydrogen-bond acceptors (Lipinski definition) is 4. The lowest BCUT2D eigenvalue weighted by atomic mass is 9.83. The van der Waals surface area contributed by atoms with Gasteiger partial charge < -0.3 is 20.1 Å². The number of rotatable bonds is 1. The van der Waals surface area contributed by atoms with Crippen LogP contribution in [0.1, 0.15) is 33.6 Å². The Morgan fingerprint density at radius 2 is 2.11 bits per heavy atom. The van der Waals surface area contributed by atoms with E-state index in [9.17, 15) is 9.90 Å². The number of carbonyl (C=O) groups is 1. The predicted molar refractivity (Wildman–Crippen MR) is 72.9 cm³/mol. The second-order valence-electron chi connectivity index (χ2n) is 6.70. The van der Waals surface area contributed by atoms with E-state index < -0.39 is 5.60 Å². The maximum Gasteiger partial charge on any atom is 0.410 e. The van der Waals surface area contributed by atoms with E-state index in [0.29, 0.717) is 25.4 Å². The first kappa shape index (κ1) is 14.6. The fourth-order valence-corrected chi connectivity index (χ4v) is 2.97. The molecule has 2 rings (SSSR count). The van der Waals surface area contributed by atoms with Gasteiger partial charge >= 0.3 is 6.09 Å². The van der Waals surface area contributed by atoms with Gasteiger partial charge in [-0.05, 0) is 52.6 Å². The number of aliphatic hydroxyl groups is 1. The van der Waals surface area contributed by atoms with Crippen molar-refractivity contribution >= 4 is 6.09 Å². The summed E-state index contributed by atoms with van der Waals surface area (Å²) in [4.78, 5) is 13.8. The highest BCUT2D eigenvalue weighted by Crippen LogP contribution is 2.29. The topological polar surface area (TPSA) is 61.8 Å². The van der Waals surface area contributed by atoms with Gasteiger partial charge in [-0.1, -0.05) is 0 Å². The zero-order valence-corrected chi connectivity index (χ0v) is 12.2. The summed E-state index contributed by atoms with van der Waals surface area (Å²) in [5, 5.41) is 13.5. The van der Waals surface area contributed by atoms with E-state index >= 15 is 0 Å². The minimum atomic E-state index is -0.461. The number of nitrogens with zero attached hydrogens (tertiary/aromatic N) is 1. The Balaban J connectivity index is 1.94. The first-order chi connectivity index (χ1) is 8.87. The molecule has 5 heteroatoms. The first-order valence-electron chi connectivity index (χ1n) is 7.23. The van der Waals surface area contributed by atoms with Crippen LogP contribution in [-0.2, 0) is 4.74 Å². The van der Waals surface area contributed by atoms with Crippen molar-refractivity contribution in [2.24, 2.45) is 11.8 Å². The number of amides is 1. The molecule has 19 heavy (non-hydrogen) atoms. The van der Waals surface area contributed by atoms with Gasteiger partial charge in [-0.25, -0.2) is 4.79 Å². The van der Waals surface area contributed by atoms with Gasteiger partial charge in [0.05, 0.1) is 6.10 Å². The quantitative estimate of drug-likeness (QED) is 0.752. The van der Waals surface area contributed by atoms with Gasteiger partial charge in [0.1, 0.15) is 5.60 Å². The molecule has 0 aromatic carbocycles. The van der Waals surface area contributed by atoms with Crippen LogP contribution in [0.2, 0.25) is 0 Å². The maximum atomic E-state index is 12.1. The van der Waals surface area contributed by atoms with Gasteiger partial charge in [-0.15, -0.1) is 0 Å². The number of nitrogens with one attached hydrogen (secondary N) is 1. The molecule has 2 fully saturated rings. The van der Waals surface area contributed by atoms with Crippen molar-refractivity contribution in [2.45, 2.75) is 45.3 Å². The second kappa shape index (κ2) is 5.67. The third-order valence-corrected chi connectivity index (χ3v) is 3.98. The SMILES string of the molecule is CC(C)(C)OC(=O)N1CCC(O)C(C2CCNC2)C1. The highest BCUT2D eigenvalue weighted by molar-refractivity contribution is 5.68. The van der Waals surface area contributed by atoms with Gasteiger partial charge in [-0.2, -0.15) is 0 Å². The van der Waals surface area contributed by atoms with E-state index in [1.54, 1.807) is 4.90 Å². The standard InChI is InChI=1S/C14H26N2O3/c1-14(2,3)19-13(18)16-7-5-12(17)11(9-16)10-4-6-15-8-10/h10-12,15,17H,4-9H2,1-3H3. The van der Waals surface area contributed by atoms with Crippen LogP contribution in [0.25, 0.3) is 0 Å². The molecule has 0 spiro atoms. The molecule has 2 heterocycles. The van der Waals surface area contributed by atoms with Gasteiger partial charge in [0.15, 0.2) is 0 Å². The molecule has 2 aliphatic heterocycles. The monoisotopic (exact) mass is 270 g/mol. The Hall–Kier alpha value is -0.810. The fourth-order valence-electron chi connectivity index (χ4n) is 2.97. The molecule has 3 unspecified atom stereocenters. The summed E-state index contributed by atoms with van der Waals surface area (Å²) in [6.07, 6.45) is 1.20. The van der Waals surface area contributed by atoms with Gasteiger partial charge in [-0.3, -0.25) is 0 Å². The van der Waals surface area contributed by atoms with E-state index in [4.69, 9.17) is 4.74 Å². The molecule has 1 amide bonds. The van der Waals surface area contributed by atoms with Crippen LogP contribution in [0, 0.1) is 11.8 Å². The second-order valence-corrected chi connectivity index (χ2v) is 6.70. The molecule has 2 saturated heterocycles. The van der Waals surface area contributed by atoms with Crippen LogP contribution >= 0.6 is 0 Å². The van der Waals surface area contributed by atoms with Crippen molar-refractivity contribution in [1.82, 2.24) is 10.2 Å². The summed E-state index contributed by atoms with van der Waals surface area (Å²) in [6, 6.07) is 0.